The van der Waals surface area contributed by atoms with Crippen molar-refractivity contribution in [3.05, 3.63) is 0 Å². The Morgan fingerprint density at radius 1 is 1.10 bits per heavy atom. The molecule has 20 heavy (non-hydrogen) atoms. The highest BCUT2D eigenvalue weighted by Crippen LogP contribution is 2.35. The molecule has 0 aromatic carbocycles. The van der Waals surface area contributed by atoms with Crippen LogP contribution in [0.5, 0.6) is 0 Å². The third-order valence-electron chi connectivity index (χ3n) is 4.51. The molecule has 6 nitrogen and oxygen atoms in total. The zero-order valence-corrected chi connectivity index (χ0v) is 12.3. The second-order valence-electron chi connectivity index (χ2n) is 5.99. The van der Waals surface area contributed by atoms with Crippen molar-refractivity contribution in [2.24, 2.45) is 5.92 Å². The smallest absolute Gasteiger partial charge is 0.224 e. The van der Waals surface area contributed by atoms with Gasteiger partial charge in [0.05, 0.1) is 30.6 Å². The molecule has 1 saturated carbocycles. The van der Waals surface area contributed by atoms with Crippen LogP contribution in [0.2, 0.25) is 0 Å². The van der Waals surface area contributed by atoms with Crippen LogP contribution in [0.15, 0.2) is 0 Å². The SMILES string of the molecule is O=C(NC1CCC2(CC1)OCCO2)C1CCS(=O)(=O)C1. The Morgan fingerprint density at radius 2 is 1.75 bits per heavy atom. The van der Waals surface area contributed by atoms with E-state index >= 15 is 0 Å². The molecule has 1 spiro atoms. The van der Waals surface area contributed by atoms with Crippen molar-refractivity contribution in [3.63, 3.8) is 0 Å². The van der Waals surface area contributed by atoms with Gasteiger partial charge in [0.1, 0.15) is 0 Å². The first-order valence-electron chi connectivity index (χ1n) is 7.27. The molecule has 3 rings (SSSR count). The topological polar surface area (TPSA) is 81.7 Å². The molecular weight excluding hydrogens is 282 g/mol. The summed E-state index contributed by atoms with van der Waals surface area (Å²) in [7, 11) is -3.00. The van der Waals surface area contributed by atoms with Crippen LogP contribution in [0.3, 0.4) is 0 Å². The lowest BCUT2D eigenvalue weighted by Crippen LogP contribution is -2.45. The van der Waals surface area contributed by atoms with Crippen LogP contribution < -0.4 is 5.32 Å². The first kappa shape index (κ1) is 14.3. The van der Waals surface area contributed by atoms with Gasteiger partial charge in [0, 0.05) is 18.9 Å². The maximum Gasteiger partial charge on any atom is 0.224 e. The maximum absolute atomic E-state index is 12.1. The molecule has 1 atom stereocenters. The first-order chi connectivity index (χ1) is 9.48. The third-order valence-corrected chi connectivity index (χ3v) is 6.28. The molecule has 0 aromatic rings. The molecule has 1 amide bonds. The van der Waals surface area contributed by atoms with E-state index in [-0.39, 0.29) is 29.4 Å². The van der Waals surface area contributed by atoms with Crippen LogP contribution in [0.4, 0.5) is 0 Å². The molecule has 3 aliphatic rings. The molecule has 3 fully saturated rings. The quantitative estimate of drug-likeness (QED) is 0.789. The second-order valence-corrected chi connectivity index (χ2v) is 8.22. The van der Waals surface area contributed by atoms with E-state index in [0.29, 0.717) is 19.6 Å². The van der Waals surface area contributed by atoms with Gasteiger partial charge in [-0.15, -0.1) is 0 Å². The summed E-state index contributed by atoms with van der Waals surface area (Å²) in [6.45, 7) is 1.30. The van der Waals surface area contributed by atoms with Crippen LogP contribution in [0.1, 0.15) is 32.1 Å². The number of nitrogens with one attached hydrogen (secondary N) is 1. The van der Waals surface area contributed by atoms with Crippen molar-refractivity contribution in [2.45, 2.75) is 43.9 Å². The van der Waals surface area contributed by atoms with Gasteiger partial charge in [0.15, 0.2) is 15.6 Å². The summed E-state index contributed by atoms with van der Waals surface area (Å²) in [5.74, 6) is -0.754. The summed E-state index contributed by atoms with van der Waals surface area (Å²) in [6, 6.07) is 0.115. The van der Waals surface area contributed by atoms with Crippen LogP contribution >= 0.6 is 0 Å². The van der Waals surface area contributed by atoms with Gasteiger partial charge >= 0.3 is 0 Å². The monoisotopic (exact) mass is 303 g/mol. The minimum atomic E-state index is -3.00. The van der Waals surface area contributed by atoms with Gasteiger partial charge in [-0.3, -0.25) is 4.79 Å². The highest BCUT2D eigenvalue weighted by Gasteiger charge is 2.41. The average molecular weight is 303 g/mol. The summed E-state index contributed by atoms with van der Waals surface area (Å²) in [5, 5.41) is 2.99. The van der Waals surface area contributed by atoms with E-state index < -0.39 is 15.6 Å². The van der Waals surface area contributed by atoms with Crippen LogP contribution in [0.25, 0.3) is 0 Å². The van der Waals surface area contributed by atoms with E-state index in [0.717, 1.165) is 25.7 Å². The van der Waals surface area contributed by atoms with Gasteiger partial charge in [-0.25, -0.2) is 8.42 Å². The highest BCUT2D eigenvalue weighted by molar-refractivity contribution is 7.91. The number of carbonyl (C=O) groups is 1. The van der Waals surface area contributed by atoms with E-state index in [1.165, 1.54) is 0 Å². The van der Waals surface area contributed by atoms with Crippen LogP contribution in [-0.2, 0) is 24.1 Å². The number of hydrogen-bond acceptors (Lipinski definition) is 5. The minimum absolute atomic E-state index is 0.00170. The lowest BCUT2D eigenvalue weighted by molar-refractivity contribution is -0.180. The van der Waals surface area contributed by atoms with Gasteiger partial charge < -0.3 is 14.8 Å². The number of sulfone groups is 1. The molecule has 0 bridgehead atoms. The van der Waals surface area contributed by atoms with E-state index in [9.17, 15) is 13.2 Å². The molecule has 1 unspecified atom stereocenters. The average Bonchev–Trinajstić information content (AvgIpc) is 3.00. The van der Waals surface area contributed by atoms with Crippen molar-refractivity contribution in [3.8, 4) is 0 Å². The van der Waals surface area contributed by atoms with E-state index in [1.807, 2.05) is 0 Å². The number of ether oxygens (including phenoxy) is 2. The Morgan fingerprint density at radius 3 is 2.30 bits per heavy atom. The molecule has 1 N–H and O–H groups in total. The zero-order chi connectivity index (χ0) is 14.2. The Kier molecular flexibility index (Phi) is 3.77. The summed E-state index contributed by atoms with van der Waals surface area (Å²) < 4.78 is 34.1. The van der Waals surface area contributed by atoms with Crippen LogP contribution in [0, 0.1) is 5.92 Å². The lowest BCUT2D eigenvalue weighted by atomic mass is 9.89. The predicted octanol–water partition coefficient (Wildman–Crippen LogP) is 0.223. The molecule has 2 heterocycles. The molecule has 1 aliphatic carbocycles. The van der Waals surface area contributed by atoms with Crippen molar-refractivity contribution in [1.29, 1.82) is 0 Å². The van der Waals surface area contributed by atoms with E-state index in [1.54, 1.807) is 0 Å². The lowest BCUT2D eigenvalue weighted by Gasteiger charge is -2.35. The number of carbonyl (C=O) groups excluding carboxylic acids is 1. The molecule has 7 heteroatoms. The summed E-state index contributed by atoms with van der Waals surface area (Å²) >= 11 is 0. The van der Waals surface area contributed by atoms with Crippen molar-refractivity contribution >= 4 is 15.7 Å². The molecule has 0 aromatic heterocycles. The minimum Gasteiger partial charge on any atom is -0.353 e. The third kappa shape index (κ3) is 2.99. The number of hydrogen-bond donors (Lipinski definition) is 1. The van der Waals surface area contributed by atoms with Gasteiger partial charge in [-0.05, 0) is 19.3 Å². The summed E-state index contributed by atoms with van der Waals surface area (Å²) in [4.78, 5) is 12.1. The second kappa shape index (κ2) is 5.27. The highest BCUT2D eigenvalue weighted by atomic mass is 32.2. The van der Waals surface area contributed by atoms with Gasteiger partial charge in [0.25, 0.3) is 0 Å². The van der Waals surface area contributed by atoms with E-state index in [2.05, 4.69) is 5.32 Å². The Labute approximate surface area is 119 Å². The van der Waals surface area contributed by atoms with Gasteiger partial charge in [-0.2, -0.15) is 0 Å². The van der Waals surface area contributed by atoms with Crippen molar-refractivity contribution in [1.82, 2.24) is 5.32 Å². The summed E-state index contributed by atoms with van der Waals surface area (Å²) in [6.07, 6.45) is 3.69. The fourth-order valence-electron chi connectivity index (χ4n) is 3.31. The number of rotatable bonds is 2. The first-order valence-corrected chi connectivity index (χ1v) is 9.09. The Balaban J connectivity index is 1.49. The van der Waals surface area contributed by atoms with Crippen molar-refractivity contribution < 1.29 is 22.7 Å². The van der Waals surface area contributed by atoms with Gasteiger partial charge in [0.2, 0.25) is 5.91 Å². The number of amides is 1. The fraction of sp³-hybridized carbons (Fsp3) is 0.923. The molecular formula is C13H21NO5S. The fourth-order valence-corrected chi connectivity index (χ4v) is 5.05. The molecule has 114 valence electrons. The van der Waals surface area contributed by atoms with Crippen molar-refractivity contribution in [2.75, 3.05) is 24.7 Å². The molecule has 2 saturated heterocycles. The van der Waals surface area contributed by atoms with Gasteiger partial charge in [-0.1, -0.05) is 0 Å². The zero-order valence-electron chi connectivity index (χ0n) is 11.5. The van der Waals surface area contributed by atoms with Crippen LogP contribution in [-0.4, -0.2) is 50.9 Å². The predicted molar refractivity (Wildman–Crippen MR) is 71.8 cm³/mol. The Hall–Kier alpha value is -0.660. The standard InChI is InChI=1S/C13H21NO5S/c15-12(10-3-8-20(16,17)9-10)14-11-1-4-13(5-2-11)18-6-7-19-13/h10-11H,1-9H2,(H,14,15). The Bertz CT molecular complexity index is 473. The normalized spacial score (nSPS) is 32.5. The molecule has 0 radical (unpaired) electrons. The van der Waals surface area contributed by atoms with E-state index in [4.69, 9.17) is 9.47 Å². The largest absolute Gasteiger partial charge is 0.353 e. The maximum atomic E-state index is 12.1. The summed E-state index contributed by atoms with van der Waals surface area (Å²) in [5.41, 5.74) is 0. The molecule has 2 aliphatic heterocycles.